The van der Waals surface area contributed by atoms with Crippen LogP contribution in [0.2, 0.25) is 0 Å². The van der Waals surface area contributed by atoms with Gasteiger partial charge in [-0.2, -0.15) is 9.36 Å². The van der Waals surface area contributed by atoms with Crippen molar-refractivity contribution >= 4 is 58.1 Å². The van der Waals surface area contributed by atoms with Crippen molar-refractivity contribution in [1.29, 1.82) is 0 Å². The van der Waals surface area contributed by atoms with E-state index in [2.05, 4.69) is 25.1 Å². The maximum Gasteiger partial charge on any atom is 0.512 e. The molecule has 0 unspecified atom stereocenters. The Morgan fingerprint density at radius 1 is 1.38 bits per heavy atom. The summed E-state index contributed by atoms with van der Waals surface area (Å²) in [6.07, 6.45) is -1.63. The average molecular weight is 486 g/mol. The standard InChI is InChI=1S/C16H18N6O8S2/c1-6(23)29-4-7-5-31-14-9(12(25)22(14)13(7)30-16(26)27)18-11(24)8(20-28-3)10-19-15(17-2)32-21-10/h9,14H,4-5H2,1-3H3,(H,18,24)(H,26,27)(H,17,19,21)/b20-8-/t9-,14+/m1/s1. The summed E-state index contributed by atoms with van der Waals surface area (Å²) in [4.78, 5) is 57.6. The van der Waals surface area contributed by atoms with Crippen molar-refractivity contribution in [1.82, 2.24) is 19.6 Å². The van der Waals surface area contributed by atoms with Gasteiger partial charge in [0.15, 0.2) is 0 Å². The van der Waals surface area contributed by atoms with Crippen molar-refractivity contribution in [3.8, 4) is 0 Å². The normalized spacial score (nSPS) is 20.2. The number of β-lactam (4-membered cyclic amide) rings is 1. The first-order valence-electron chi connectivity index (χ1n) is 8.91. The number of nitrogens with zero attached hydrogens (tertiary/aromatic N) is 4. The Morgan fingerprint density at radius 2 is 2.12 bits per heavy atom. The van der Waals surface area contributed by atoms with Crippen molar-refractivity contribution in [2.45, 2.75) is 18.3 Å². The first kappa shape index (κ1) is 23.3. The molecule has 0 radical (unpaired) electrons. The molecule has 32 heavy (non-hydrogen) atoms. The van der Waals surface area contributed by atoms with E-state index in [1.54, 1.807) is 7.05 Å². The summed E-state index contributed by atoms with van der Waals surface area (Å²) >= 11 is 2.25. The van der Waals surface area contributed by atoms with E-state index < -0.39 is 35.4 Å². The molecule has 0 aliphatic carbocycles. The molecule has 3 rings (SSSR count). The number of amides is 2. The molecule has 1 saturated heterocycles. The summed E-state index contributed by atoms with van der Waals surface area (Å²) in [6, 6.07) is -0.986. The van der Waals surface area contributed by atoms with E-state index in [4.69, 9.17) is 19.4 Å². The number of oxime groups is 1. The number of carboxylic acid groups (broad SMARTS) is 1. The smallest absolute Gasteiger partial charge is 0.461 e. The predicted molar refractivity (Wildman–Crippen MR) is 111 cm³/mol. The lowest BCUT2D eigenvalue weighted by Crippen LogP contribution is -2.70. The van der Waals surface area contributed by atoms with Gasteiger partial charge in [0, 0.05) is 36.8 Å². The number of carbonyl (C=O) groups excluding carboxylic acids is 3. The minimum atomic E-state index is -1.63. The molecule has 1 fully saturated rings. The Labute approximate surface area is 189 Å². The van der Waals surface area contributed by atoms with Crippen molar-refractivity contribution in [2.24, 2.45) is 5.16 Å². The lowest BCUT2D eigenvalue weighted by molar-refractivity contribution is -0.148. The van der Waals surface area contributed by atoms with Crippen LogP contribution >= 0.6 is 23.3 Å². The van der Waals surface area contributed by atoms with Crippen molar-refractivity contribution in [2.75, 3.05) is 31.8 Å². The van der Waals surface area contributed by atoms with Gasteiger partial charge in [-0.1, -0.05) is 5.16 Å². The molecular formula is C16H18N6O8S2. The van der Waals surface area contributed by atoms with E-state index in [-0.39, 0.29) is 29.8 Å². The number of thioether (sulfide) groups is 1. The van der Waals surface area contributed by atoms with Gasteiger partial charge in [0.05, 0.1) is 0 Å². The molecule has 1 aromatic rings. The van der Waals surface area contributed by atoms with Crippen LogP contribution < -0.4 is 10.6 Å². The lowest BCUT2D eigenvalue weighted by atomic mass is 10.1. The van der Waals surface area contributed by atoms with Crippen LogP contribution in [0.15, 0.2) is 16.6 Å². The molecule has 14 nitrogen and oxygen atoms in total. The second-order valence-corrected chi connectivity index (χ2v) is 8.07. The van der Waals surface area contributed by atoms with E-state index >= 15 is 0 Å². The fraction of sp³-hybridized carbons (Fsp3) is 0.438. The zero-order valence-electron chi connectivity index (χ0n) is 17.0. The number of esters is 1. The molecule has 0 aromatic carbocycles. The van der Waals surface area contributed by atoms with Crippen molar-refractivity contribution in [3.63, 3.8) is 0 Å². The highest BCUT2D eigenvalue weighted by molar-refractivity contribution is 8.00. The SMILES string of the molecule is CNc1nc(/C(=N/OC)C(=O)N[C@@H]2C(=O)N3C(OC(=O)O)=C(COC(C)=O)CS[C@@H]23)ns1. The van der Waals surface area contributed by atoms with E-state index in [1.807, 2.05) is 0 Å². The molecule has 2 atom stereocenters. The maximum absolute atomic E-state index is 12.8. The largest absolute Gasteiger partial charge is 0.512 e. The number of hydrogen-bond donors (Lipinski definition) is 3. The third kappa shape index (κ3) is 4.75. The molecular weight excluding hydrogens is 468 g/mol. The van der Waals surface area contributed by atoms with Gasteiger partial charge < -0.3 is 30.1 Å². The summed E-state index contributed by atoms with van der Waals surface area (Å²) in [5, 5.41) is 17.8. The van der Waals surface area contributed by atoms with Crippen LogP contribution in [0.4, 0.5) is 9.93 Å². The van der Waals surface area contributed by atoms with E-state index in [9.17, 15) is 19.2 Å². The van der Waals surface area contributed by atoms with Crippen LogP contribution in [-0.4, -0.2) is 86.9 Å². The summed E-state index contributed by atoms with van der Waals surface area (Å²) in [5.41, 5.74) is 0.0836. The van der Waals surface area contributed by atoms with Crippen LogP contribution in [0.5, 0.6) is 0 Å². The van der Waals surface area contributed by atoms with Gasteiger partial charge in [-0.25, -0.2) is 4.79 Å². The number of ether oxygens (including phenoxy) is 2. The van der Waals surface area contributed by atoms with Gasteiger partial charge in [-0.3, -0.25) is 19.3 Å². The fourth-order valence-corrected chi connectivity index (χ4v) is 4.63. The van der Waals surface area contributed by atoms with Crippen LogP contribution in [-0.2, 0) is 28.7 Å². The Bertz CT molecular complexity index is 1010. The summed E-state index contributed by atoms with van der Waals surface area (Å²) in [5.74, 6) is -1.93. The first-order chi connectivity index (χ1) is 15.3. The number of fused-ring (bicyclic) bond motifs is 1. The number of rotatable bonds is 8. The highest BCUT2D eigenvalue weighted by atomic mass is 32.2. The lowest BCUT2D eigenvalue weighted by Gasteiger charge is -2.49. The summed E-state index contributed by atoms with van der Waals surface area (Å²) < 4.78 is 13.7. The minimum absolute atomic E-state index is 0.0112. The zero-order valence-corrected chi connectivity index (χ0v) is 18.6. The highest BCUT2D eigenvalue weighted by Crippen LogP contribution is 2.40. The van der Waals surface area contributed by atoms with E-state index in [1.165, 1.54) is 25.8 Å². The molecule has 2 amide bonds. The summed E-state index contributed by atoms with van der Waals surface area (Å²) in [6.45, 7) is 0.972. The van der Waals surface area contributed by atoms with Gasteiger partial charge >= 0.3 is 12.1 Å². The number of aromatic nitrogens is 2. The van der Waals surface area contributed by atoms with Crippen molar-refractivity contribution in [3.05, 3.63) is 17.3 Å². The quantitative estimate of drug-likeness (QED) is 0.191. The predicted octanol–water partition coefficient (Wildman–Crippen LogP) is -0.200. The van der Waals surface area contributed by atoms with Gasteiger partial charge in [0.1, 0.15) is 25.1 Å². The molecule has 3 heterocycles. The number of nitrogens with one attached hydrogen (secondary N) is 2. The molecule has 172 valence electrons. The van der Waals surface area contributed by atoms with Gasteiger partial charge in [0.25, 0.3) is 11.8 Å². The number of anilines is 1. The molecule has 0 saturated carbocycles. The Hall–Kier alpha value is -3.40. The van der Waals surface area contributed by atoms with E-state index in [0.29, 0.717) is 10.7 Å². The third-order valence-corrected chi connectivity index (χ3v) is 6.23. The monoisotopic (exact) mass is 486 g/mol. The molecule has 2 aliphatic heterocycles. The van der Waals surface area contributed by atoms with E-state index in [0.717, 1.165) is 16.4 Å². The minimum Gasteiger partial charge on any atom is -0.461 e. The second-order valence-electron chi connectivity index (χ2n) is 6.21. The van der Waals surface area contributed by atoms with Crippen LogP contribution in [0.3, 0.4) is 0 Å². The Kier molecular flexibility index (Phi) is 7.14. The zero-order chi connectivity index (χ0) is 23.4. The summed E-state index contributed by atoms with van der Waals surface area (Å²) in [7, 11) is 2.89. The average Bonchev–Trinajstić information content (AvgIpc) is 3.22. The molecule has 16 heteroatoms. The van der Waals surface area contributed by atoms with Gasteiger partial charge in [0.2, 0.25) is 22.6 Å². The van der Waals surface area contributed by atoms with Crippen LogP contribution in [0, 0.1) is 0 Å². The highest BCUT2D eigenvalue weighted by Gasteiger charge is 2.54. The molecule has 1 aromatic heterocycles. The van der Waals surface area contributed by atoms with Crippen LogP contribution in [0.25, 0.3) is 0 Å². The molecule has 0 bridgehead atoms. The second kappa shape index (κ2) is 9.82. The van der Waals surface area contributed by atoms with Crippen LogP contribution in [0.1, 0.15) is 12.7 Å². The maximum atomic E-state index is 12.8. The molecule has 0 spiro atoms. The van der Waals surface area contributed by atoms with Gasteiger partial charge in [-0.15, -0.1) is 11.8 Å². The fourth-order valence-electron chi connectivity index (χ4n) is 2.80. The Morgan fingerprint density at radius 3 is 2.72 bits per heavy atom. The molecule has 2 aliphatic rings. The van der Waals surface area contributed by atoms with Gasteiger partial charge in [-0.05, 0) is 0 Å². The number of carbonyl (C=O) groups is 4. The first-order valence-corrected chi connectivity index (χ1v) is 10.7. The third-order valence-electron chi connectivity index (χ3n) is 4.16. The van der Waals surface area contributed by atoms with Crippen molar-refractivity contribution < 1.29 is 38.6 Å². The molecule has 3 N–H and O–H groups in total. The number of hydrogen-bond acceptors (Lipinski definition) is 13. The topological polar surface area (TPSA) is 182 Å². The Balaban J connectivity index is 1.77.